The summed E-state index contributed by atoms with van der Waals surface area (Å²) < 4.78 is 0. The average molecular weight is 295 g/mol. The van der Waals surface area contributed by atoms with E-state index in [0.717, 1.165) is 17.4 Å². The second-order valence-electron chi connectivity index (χ2n) is 6.77. The van der Waals surface area contributed by atoms with Gasteiger partial charge in [-0.15, -0.1) is 11.3 Å². The topological polar surface area (TPSA) is 45.2 Å². The molecule has 1 N–H and O–H groups in total. The Morgan fingerprint density at radius 1 is 1.35 bits per heavy atom. The zero-order chi connectivity index (χ0) is 14.6. The van der Waals surface area contributed by atoms with Crippen LogP contribution in [-0.2, 0) is 11.3 Å². The quantitative estimate of drug-likeness (QED) is 0.924. The van der Waals surface area contributed by atoms with E-state index in [1.54, 1.807) is 0 Å². The van der Waals surface area contributed by atoms with Crippen molar-refractivity contribution < 1.29 is 4.79 Å². The number of aromatic nitrogens is 1. The lowest BCUT2D eigenvalue weighted by molar-refractivity contribution is -0.117. The van der Waals surface area contributed by atoms with Gasteiger partial charge in [0.25, 0.3) is 0 Å². The van der Waals surface area contributed by atoms with Crippen LogP contribution in [0.3, 0.4) is 0 Å². The molecule has 0 atom stereocenters. The standard InChI is InChI=1S/C15H25N3OS/c1-15(2,3)9-13(19)17-14-16-12(11-20-14)10-18-7-5-4-6-8-18/h11H,4-10H2,1-3H3,(H,16,17,19). The van der Waals surface area contributed by atoms with Crippen LogP contribution in [0, 0.1) is 5.41 Å². The fraction of sp³-hybridized carbons (Fsp3) is 0.733. The van der Waals surface area contributed by atoms with Gasteiger partial charge in [0.15, 0.2) is 5.13 Å². The molecule has 1 aliphatic rings. The maximum absolute atomic E-state index is 11.9. The molecule has 1 aromatic heterocycles. The van der Waals surface area contributed by atoms with E-state index < -0.39 is 0 Å². The summed E-state index contributed by atoms with van der Waals surface area (Å²) in [5.41, 5.74) is 1.08. The maximum atomic E-state index is 11.9. The molecule has 0 aromatic carbocycles. The van der Waals surface area contributed by atoms with Crippen molar-refractivity contribution in [3.8, 4) is 0 Å². The molecule has 20 heavy (non-hydrogen) atoms. The first-order valence-electron chi connectivity index (χ1n) is 7.39. The maximum Gasteiger partial charge on any atom is 0.226 e. The molecule has 1 aromatic rings. The summed E-state index contributed by atoms with van der Waals surface area (Å²) in [7, 11) is 0. The van der Waals surface area contributed by atoms with Crippen molar-refractivity contribution in [2.24, 2.45) is 5.41 Å². The molecule has 5 heteroatoms. The second kappa shape index (κ2) is 6.68. The van der Waals surface area contributed by atoms with Gasteiger partial charge in [-0.2, -0.15) is 0 Å². The molecule has 0 radical (unpaired) electrons. The van der Waals surface area contributed by atoms with Gasteiger partial charge in [-0.1, -0.05) is 27.2 Å². The Kier molecular flexibility index (Phi) is 5.16. The Hall–Kier alpha value is -0.940. The third kappa shape index (κ3) is 5.21. The van der Waals surface area contributed by atoms with Crippen molar-refractivity contribution in [1.29, 1.82) is 0 Å². The minimum atomic E-state index is 0.0119. The van der Waals surface area contributed by atoms with E-state index in [1.165, 1.54) is 43.7 Å². The number of carbonyl (C=O) groups excluding carboxylic acids is 1. The van der Waals surface area contributed by atoms with E-state index in [-0.39, 0.29) is 11.3 Å². The summed E-state index contributed by atoms with van der Waals surface area (Å²) in [5.74, 6) is 0.0522. The third-order valence-corrected chi connectivity index (χ3v) is 4.13. The molecule has 1 fully saturated rings. The van der Waals surface area contributed by atoms with Crippen LogP contribution in [0.1, 0.15) is 52.1 Å². The number of piperidine rings is 1. The summed E-state index contributed by atoms with van der Waals surface area (Å²) in [4.78, 5) is 18.8. The van der Waals surface area contributed by atoms with Gasteiger partial charge in [0.2, 0.25) is 5.91 Å². The first-order valence-corrected chi connectivity index (χ1v) is 8.27. The second-order valence-corrected chi connectivity index (χ2v) is 7.62. The molecule has 0 saturated carbocycles. The van der Waals surface area contributed by atoms with Crippen molar-refractivity contribution in [2.75, 3.05) is 18.4 Å². The Balaban J connectivity index is 1.84. The molecule has 0 unspecified atom stereocenters. The van der Waals surface area contributed by atoms with Crippen LogP contribution < -0.4 is 5.32 Å². The number of thiazole rings is 1. The smallest absolute Gasteiger partial charge is 0.226 e. The lowest BCUT2D eigenvalue weighted by Crippen LogP contribution is -2.29. The summed E-state index contributed by atoms with van der Waals surface area (Å²) in [6.07, 6.45) is 4.45. The molecule has 1 amide bonds. The van der Waals surface area contributed by atoms with E-state index in [4.69, 9.17) is 0 Å². The summed E-state index contributed by atoms with van der Waals surface area (Å²) in [6, 6.07) is 0. The number of likely N-dealkylation sites (tertiary alicyclic amines) is 1. The highest BCUT2D eigenvalue weighted by Gasteiger charge is 2.17. The molecule has 0 aliphatic carbocycles. The number of carbonyl (C=O) groups is 1. The summed E-state index contributed by atoms with van der Waals surface area (Å²) in [6.45, 7) is 9.45. The molecule has 112 valence electrons. The van der Waals surface area contributed by atoms with Crippen LogP contribution in [0.25, 0.3) is 0 Å². The molecule has 4 nitrogen and oxygen atoms in total. The van der Waals surface area contributed by atoms with E-state index in [2.05, 4.69) is 41.4 Å². The number of nitrogens with one attached hydrogen (secondary N) is 1. The molecule has 1 saturated heterocycles. The first kappa shape index (κ1) is 15.4. The van der Waals surface area contributed by atoms with Gasteiger partial charge in [-0.25, -0.2) is 4.98 Å². The van der Waals surface area contributed by atoms with E-state index in [0.29, 0.717) is 6.42 Å². The lowest BCUT2D eigenvalue weighted by Gasteiger charge is -2.25. The summed E-state index contributed by atoms with van der Waals surface area (Å²) in [5, 5.41) is 5.69. The Labute approximate surface area is 125 Å². The van der Waals surface area contributed by atoms with E-state index in [1.807, 2.05) is 0 Å². The number of hydrogen-bond acceptors (Lipinski definition) is 4. The number of rotatable bonds is 4. The van der Waals surface area contributed by atoms with Crippen molar-refractivity contribution in [3.63, 3.8) is 0 Å². The SMILES string of the molecule is CC(C)(C)CC(=O)Nc1nc(CN2CCCCC2)cs1. The minimum absolute atomic E-state index is 0.0119. The summed E-state index contributed by atoms with van der Waals surface area (Å²) >= 11 is 1.52. The third-order valence-electron chi connectivity index (χ3n) is 3.32. The van der Waals surface area contributed by atoms with Crippen LogP contribution in [0.2, 0.25) is 0 Å². The monoisotopic (exact) mass is 295 g/mol. The van der Waals surface area contributed by atoms with Gasteiger partial charge in [0.05, 0.1) is 5.69 Å². The largest absolute Gasteiger partial charge is 0.302 e. The van der Waals surface area contributed by atoms with E-state index in [9.17, 15) is 4.79 Å². The van der Waals surface area contributed by atoms with Gasteiger partial charge in [-0.3, -0.25) is 9.69 Å². The zero-order valence-electron chi connectivity index (χ0n) is 12.7. The highest BCUT2D eigenvalue weighted by Crippen LogP contribution is 2.22. The van der Waals surface area contributed by atoms with Crippen LogP contribution in [0.5, 0.6) is 0 Å². The van der Waals surface area contributed by atoms with Gasteiger partial charge in [0.1, 0.15) is 0 Å². The first-order chi connectivity index (χ1) is 9.42. The molecular formula is C15H25N3OS. The van der Waals surface area contributed by atoms with Crippen molar-refractivity contribution in [1.82, 2.24) is 9.88 Å². The molecule has 2 heterocycles. The van der Waals surface area contributed by atoms with Crippen LogP contribution in [-0.4, -0.2) is 28.9 Å². The number of nitrogens with zero attached hydrogens (tertiary/aromatic N) is 2. The number of anilines is 1. The van der Waals surface area contributed by atoms with Gasteiger partial charge >= 0.3 is 0 Å². The van der Waals surface area contributed by atoms with Crippen molar-refractivity contribution in [2.45, 2.75) is 53.0 Å². The lowest BCUT2D eigenvalue weighted by atomic mass is 9.92. The van der Waals surface area contributed by atoms with Crippen LogP contribution >= 0.6 is 11.3 Å². The van der Waals surface area contributed by atoms with Crippen molar-refractivity contribution in [3.05, 3.63) is 11.1 Å². The fourth-order valence-corrected chi connectivity index (χ4v) is 3.15. The van der Waals surface area contributed by atoms with Crippen LogP contribution in [0.4, 0.5) is 5.13 Å². The molecular weight excluding hydrogens is 270 g/mol. The minimum Gasteiger partial charge on any atom is -0.302 e. The molecule has 0 spiro atoms. The van der Waals surface area contributed by atoms with E-state index >= 15 is 0 Å². The predicted molar refractivity (Wildman–Crippen MR) is 83.9 cm³/mol. The predicted octanol–water partition coefficient (Wildman–Crippen LogP) is 3.50. The number of hydrogen-bond donors (Lipinski definition) is 1. The molecule has 1 aliphatic heterocycles. The average Bonchev–Trinajstić information content (AvgIpc) is 2.75. The molecule has 2 rings (SSSR count). The number of amides is 1. The Morgan fingerprint density at radius 3 is 2.70 bits per heavy atom. The zero-order valence-corrected chi connectivity index (χ0v) is 13.6. The molecule has 0 bridgehead atoms. The van der Waals surface area contributed by atoms with Gasteiger partial charge in [0, 0.05) is 18.3 Å². The Morgan fingerprint density at radius 2 is 2.05 bits per heavy atom. The fourth-order valence-electron chi connectivity index (χ4n) is 2.43. The normalized spacial score (nSPS) is 17.1. The Bertz CT molecular complexity index is 444. The highest BCUT2D eigenvalue weighted by molar-refractivity contribution is 7.13. The van der Waals surface area contributed by atoms with Gasteiger partial charge in [-0.05, 0) is 31.3 Å². The highest BCUT2D eigenvalue weighted by atomic mass is 32.1. The van der Waals surface area contributed by atoms with Gasteiger partial charge < -0.3 is 5.32 Å². The van der Waals surface area contributed by atoms with Crippen LogP contribution in [0.15, 0.2) is 5.38 Å². The van der Waals surface area contributed by atoms with Crippen molar-refractivity contribution >= 4 is 22.4 Å².